The fraction of sp³-hybridized carbons (Fsp3) is 0.571. The predicted molar refractivity (Wildman–Crippen MR) is 84.7 cm³/mol. The van der Waals surface area contributed by atoms with Crippen molar-refractivity contribution in [3.8, 4) is 0 Å². The Balaban J connectivity index is 2.52. The van der Waals surface area contributed by atoms with Crippen molar-refractivity contribution in [1.82, 2.24) is 0 Å². The average molecular weight is 350 g/mol. The van der Waals surface area contributed by atoms with Gasteiger partial charge < -0.3 is 9.05 Å². The van der Waals surface area contributed by atoms with E-state index >= 15 is 0 Å². The number of hydrogen-bond donors (Lipinski definition) is 0. The van der Waals surface area contributed by atoms with E-state index in [9.17, 15) is 13.0 Å². The molecule has 126 valence electrons. The van der Waals surface area contributed by atoms with E-state index in [-0.39, 0.29) is 37.3 Å². The van der Waals surface area contributed by atoms with Gasteiger partial charge in [0.1, 0.15) is 0 Å². The lowest BCUT2D eigenvalue weighted by molar-refractivity contribution is 0.217. The summed E-state index contributed by atoms with van der Waals surface area (Å²) >= 11 is 0. The van der Waals surface area contributed by atoms with Gasteiger partial charge in [-0.15, -0.1) is 0 Å². The summed E-state index contributed by atoms with van der Waals surface area (Å²) < 4.78 is 51.3. The first-order valence-electron chi connectivity index (χ1n) is 7.17. The highest BCUT2D eigenvalue weighted by Crippen LogP contribution is 2.48. The van der Waals surface area contributed by atoms with Gasteiger partial charge in [-0.25, -0.2) is 0 Å². The molecule has 0 spiro atoms. The Kier molecular flexibility index (Phi) is 7.72. The highest BCUT2D eigenvalue weighted by atomic mass is 32.2. The Morgan fingerprint density at radius 1 is 1.05 bits per heavy atom. The minimum Gasteiger partial charge on any atom is -0.309 e. The molecule has 8 heteroatoms. The van der Waals surface area contributed by atoms with Crippen molar-refractivity contribution in [2.75, 3.05) is 26.0 Å². The second-order valence-corrected chi connectivity index (χ2v) is 8.41. The van der Waals surface area contributed by atoms with Crippen LogP contribution in [0.15, 0.2) is 29.2 Å². The Hall–Kier alpha value is -0.720. The molecule has 22 heavy (non-hydrogen) atoms. The van der Waals surface area contributed by atoms with Crippen molar-refractivity contribution in [2.45, 2.75) is 32.1 Å². The normalized spacial score (nSPS) is 12.5. The molecular weight excluding hydrogens is 327 g/mol. The summed E-state index contributed by atoms with van der Waals surface area (Å²) in [4.78, 5) is 0.107. The summed E-state index contributed by atoms with van der Waals surface area (Å²) in [7, 11) is -6.95. The van der Waals surface area contributed by atoms with Crippen LogP contribution in [0.5, 0.6) is 0 Å². The number of benzene rings is 1. The topological polar surface area (TPSA) is 78.9 Å². The van der Waals surface area contributed by atoms with Gasteiger partial charge in [-0.05, 0) is 39.3 Å². The van der Waals surface area contributed by atoms with Crippen LogP contribution in [0.25, 0.3) is 0 Å². The molecule has 0 fully saturated rings. The summed E-state index contributed by atoms with van der Waals surface area (Å²) in [5.74, 6) is 0. The van der Waals surface area contributed by atoms with Crippen molar-refractivity contribution in [3.05, 3.63) is 29.8 Å². The smallest absolute Gasteiger partial charge is 0.309 e. The predicted octanol–water partition coefficient (Wildman–Crippen LogP) is 3.36. The molecule has 1 rings (SSSR count). The van der Waals surface area contributed by atoms with E-state index in [0.29, 0.717) is 0 Å². The van der Waals surface area contributed by atoms with Gasteiger partial charge in [0.2, 0.25) is 0 Å². The fourth-order valence-electron chi connectivity index (χ4n) is 1.76. The second-order valence-electron chi connectivity index (χ2n) is 4.61. The van der Waals surface area contributed by atoms with Crippen LogP contribution in [0.2, 0.25) is 0 Å². The Morgan fingerprint density at radius 3 is 2.09 bits per heavy atom. The molecule has 0 aliphatic rings. The fourth-order valence-corrected chi connectivity index (χ4v) is 4.34. The van der Waals surface area contributed by atoms with Gasteiger partial charge in [-0.3, -0.25) is 8.75 Å². The maximum atomic E-state index is 12.2. The lowest BCUT2D eigenvalue weighted by atomic mass is 10.2. The summed E-state index contributed by atoms with van der Waals surface area (Å²) in [6, 6.07) is 6.40. The summed E-state index contributed by atoms with van der Waals surface area (Å²) in [5, 5.41) is 0. The van der Waals surface area contributed by atoms with E-state index in [0.717, 1.165) is 5.56 Å². The standard InChI is InChI=1S/C14H23O6PS/c1-4-18-21(15,19-5-2)12-6-11-20-22(16,17)14-9-7-13(3)8-10-14/h7-10H,4-6,11-12H2,1-3H3. The van der Waals surface area contributed by atoms with Crippen molar-refractivity contribution >= 4 is 17.7 Å². The average Bonchev–Trinajstić information content (AvgIpc) is 2.45. The van der Waals surface area contributed by atoms with Crippen LogP contribution in [0.4, 0.5) is 0 Å². The third-order valence-electron chi connectivity index (χ3n) is 2.78. The molecule has 6 nitrogen and oxygen atoms in total. The van der Waals surface area contributed by atoms with Gasteiger partial charge in [0.25, 0.3) is 10.1 Å². The molecule has 0 atom stereocenters. The minimum atomic E-state index is -3.79. The van der Waals surface area contributed by atoms with Crippen LogP contribution < -0.4 is 0 Å². The molecule has 0 aromatic heterocycles. The highest BCUT2D eigenvalue weighted by Gasteiger charge is 2.23. The lowest BCUT2D eigenvalue weighted by Crippen LogP contribution is -2.09. The molecule has 0 aliphatic carbocycles. The van der Waals surface area contributed by atoms with Crippen LogP contribution in [0.1, 0.15) is 25.8 Å². The molecule has 0 saturated heterocycles. The molecular formula is C14H23O6PS. The van der Waals surface area contributed by atoms with Crippen molar-refractivity contribution < 1.29 is 26.2 Å². The monoisotopic (exact) mass is 350 g/mol. The molecule has 0 amide bonds. The summed E-state index contributed by atoms with van der Waals surface area (Å²) in [6.45, 7) is 5.81. The van der Waals surface area contributed by atoms with E-state index in [1.807, 2.05) is 6.92 Å². The molecule has 1 aromatic carbocycles. The highest BCUT2D eigenvalue weighted by molar-refractivity contribution is 7.86. The van der Waals surface area contributed by atoms with E-state index in [1.165, 1.54) is 12.1 Å². The third kappa shape index (κ3) is 6.18. The molecule has 0 saturated carbocycles. The van der Waals surface area contributed by atoms with Gasteiger partial charge in [0, 0.05) is 0 Å². The summed E-state index contributed by atoms with van der Waals surface area (Å²) in [6.07, 6.45) is 0.389. The van der Waals surface area contributed by atoms with Gasteiger partial charge in [-0.1, -0.05) is 17.7 Å². The maximum Gasteiger partial charge on any atom is 0.330 e. The van der Waals surface area contributed by atoms with Crippen molar-refractivity contribution in [3.63, 3.8) is 0 Å². The molecule has 0 unspecified atom stereocenters. The zero-order valence-corrected chi connectivity index (χ0v) is 14.9. The molecule has 0 radical (unpaired) electrons. The second kappa shape index (κ2) is 8.79. The molecule has 0 bridgehead atoms. The molecule has 1 aromatic rings. The Bertz CT molecular complexity index is 586. The Morgan fingerprint density at radius 2 is 1.59 bits per heavy atom. The number of aryl methyl sites for hydroxylation is 1. The maximum absolute atomic E-state index is 12.2. The van der Waals surface area contributed by atoms with Gasteiger partial charge in [0.15, 0.2) is 0 Å². The van der Waals surface area contributed by atoms with E-state index < -0.39 is 17.7 Å². The molecule has 0 heterocycles. The van der Waals surface area contributed by atoms with Crippen LogP contribution >= 0.6 is 7.60 Å². The lowest BCUT2D eigenvalue weighted by Gasteiger charge is -2.16. The van der Waals surface area contributed by atoms with E-state index in [1.54, 1.807) is 26.0 Å². The van der Waals surface area contributed by atoms with E-state index in [4.69, 9.17) is 13.2 Å². The first-order valence-corrected chi connectivity index (χ1v) is 10.3. The number of hydrogen-bond acceptors (Lipinski definition) is 6. The largest absolute Gasteiger partial charge is 0.330 e. The van der Waals surface area contributed by atoms with Crippen molar-refractivity contribution in [1.29, 1.82) is 0 Å². The number of rotatable bonds is 10. The first kappa shape index (κ1) is 19.3. The van der Waals surface area contributed by atoms with Gasteiger partial charge >= 0.3 is 7.60 Å². The van der Waals surface area contributed by atoms with Crippen LogP contribution in [-0.4, -0.2) is 34.4 Å². The van der Waals surface area contributed by atoms with Gasteiger partial charge in [0.05, 0.1) is 30.9 Å². The summed E-state index contributed by atoms with van der Waals surface area (Å²) in [5.41, 5.74) is 0.966. The van der Waals surface area contributed by atoms with Crippen LogP contribution in [0, 0.1) is 6.92 Å². The molecule has 0 N–H and O–H groups in total. The minimum absolute atomic E-state index is 0.0691. The Labute approximate surface area is 132 Å². The van der Waals surface area contributed by atoms with Crippen molar-refractivity contribution in [2.24, 2.45) is 0 Å². The zero-order chi connectivity index (χ0) is 16.6. The quantitative estimate of drug-likeness (QED) is 0.366. The van der Waals surface area contributed by atoms with E-state index in [2.05, 4.69) is 0 Å². The van der Waals surface area contributed by atoms with Crippen LogP contribution in [-0.2, 0) is 27.9 Å². The third-order valence-corrected chi connectivity index (χ3v) is 6.27. The van der Waals surface area contributed by atoms with Gasteiger partial charge in [-0.2, -0.15) is 8.42 Å². The zero-order valence-electron chi connectivity index (χ0n) is 13.1. The first-order chi connectivity index (χ1) is 10.3. The molecule has 0 aliphatic heterocycles. The van der Waals surface area contributed by atoms with Crippen LogP contribution in [0.3, 0.4) is 0 Å². The SMILES string of the molecule is CCOP(=O)(CCCOS(=O)(=O)c1ccc(C)cc1)OCC.